The molecule has 3 aromatic rings. The normalized spacial score (nSPS) is 19.7. The second kappa shape index (κ2) is 8.54. The van der Waals surface area contributed by atoms with Gasteiger partial charge in [0.1, 0.15) is 16.6 Å². The number of methoxy groups -OCH3 is 1. The van der Waals surface area contributed by atoms with E-state index in [9.17, 15) is 18.0 Å². The molecule has 34 heavy (non-hydrogen) atoms. The quantitative estimate of drug-likeness (QED) is 0.504. The van der Waals surface area contributed by atoms with Gasteiger partial charge < -0.3 is 15.0 Å². The molecule has 0 spiro atoms. The van der Waals surface area contributed by atoms with Gasteiger partial charge >= 0.3 is 6.18 Å². The van der Waals surface area contributed by atoms with Gasteiger partial charge in [0.05, 0.1) is 13.2 Å². The minimum absolute atomic E-state index is 0.00953. The highest BCUT2D eigenvalue weighted by Crippen LogP contribution is 2.46. The summed E-state index contributed by atoms with van der Waals surface area (Å²) in [6.45, 7) is 0.443. The minimum Gasteiger partial charge on any atom is -0.497 e. The van der Waals surface area contributed by atoms with Crippen molar-refractivity contribution >= 4 is 29.0 Å². The fourth-order valence-corrected chi connectivity index (χ4v) is 4.91. The van der Waals surface area contributed by atoms with Crippen LogP contribution in [0, 0.1) is 0 Å². The number of hydrogen-bond acceptors (Lipinski definition) is 4. The summed E-state index contributed by atoms with van der Waals surface area (Å²) >= 11 is 6.52. The molecule has 2 atom stereocenters. The van der Waals surface area contributed by atoms with Crippen LogP contribution in [0.5, 0.6) is 5.75 Å². The second-order valence-corrected chi connectivity index (χ2v) is 8.79. The van der Waals surface area contributed by atoms with Gasteiger partial charge in [-0.2, -0.15) is 18.3 Å². The van der Waals surface area contributed by atoms with Gasteiger partial charge in [0.15, 0.2) is 11.7 Å². The van der Waals surface area contributed by atoms with E-state index in [-0.39, 0.29) is 23.0 Å². The van der Waals surface area contributed by atoms with Crippen LogP contribution in [0.3, 0.4) is 0 Å². The Morgan fingerprint density at radius 3 is 2.62 bits per heavy atom. The molecule has 2 unspecified atom stereocenters. The van der Waals surface area contributed by atoms with Crippen molar-refractivity contribution < 1.29 is 22.7 Å². The molecular weight excluding hydrogens is 469 g/mol. The lowest BCUT2D eigenvalue weighted by molar-refractivity contribution is -0.173. The Morgan fingerprint density at radius 2 is 1.91 bits per heavy atom. The third-order valence-corrected chi connectivity index (χ3v) is 6.73. The molecule has 1 amide bonds. The smallest absolute Gasteiger partial charge is 0.410 e. The van der Waals surface area contributed by atoms with E-state index >= 15 is 0 Å². The molecular formula is C24H22ClF3N4O2. The van der Waals surface area contributed by atoms with E-state index in [1.54, 1.807) is 29.2 Å². The monoisotopic (exact) mass is 490 g/mol. The van der Waals surface area contributed by atoms with Crippen LogP contribution in [0.4, 0.5) is 24.7 Å². The highest BCUT2D eigenvalue weighted by Gasteiger charge is 2.48. The van der Waals surface area contributed by atoms with E-state index in [4.69, 9.17) is 16.3 Å². The number of halogens is 4. The molecule has 10 heteroatoms. The molecule has 1 aromatic heterocycles. The highest BCUT2D eigenvalue weighted by atomic mass is 35.5. The first-order chi connectivity index (χ1) is 16.3. The summed E-state index contributed by atoms with van der Waals surface area (Å²) in [5, 5.41) is 7.06. The summed E-state index contributed by atoms with van der Waals surface area (Å²) < 4.78 is 48.2. The summed E-state index contributed by atoms with van der Waals surface area (Å²) in [5.74, 6) is 0.0807. The summed E-state index contributed by atoms with van der Waals surface area (Å²) in [7, 11) is 1.52. The summed E-state index contributed by atoms with van der Waals surface area (Å²) in [6.07, 6.45) is -3.29. The third kappa shape index (κ3) is 3.87. The van der Waals surface area contributed by atoms with E-state index in [2.05, 4.69) is 10.4 Å². The molecule has 0 saturated carbocycles. The van der Waals surface area contributed by atoms with Gasteiger partial charge in [0, 0.05) is 18.7 Å². The van der Waals surface area contributed by atoms with Crippen molar-refractivity contribution in [3.8, 4) is 5.75 Å². The molecule has 178 valence electrons. The molecule has 0 radical (unpaired) electrons. The molecule has 2 aliphatic heterocycles. The molecule has 2 aliphatic rings. The average Bonchev–Trinajstić information content (AvgIpc) is 3.18. The van der Waals surface area contributed by atoms with Gasteiger partial charge in [-0.1, -0.05) is 41.9 Å². The van der Waals surface area contributed by atoms with E-state index in [1.807, 2.05) is 24.3 Å². The number of nitrogens with one attached hydrogen (secondary N) is 1. The number of rotatable bonds is 3. The minimum atomic E-state index is -4.57. The molecule has 5 rings (SSSR count). The van der Waals surface area contributed by atoms with Crippen LogP contribution >= 0.6 is 11.6 Å². The van der Waals surface area contributed by atoms with Crippen LogP contribution in [0.1, 0.15) is 46.5 Å². The lowest BCUT2D eigenvalue weighted by Gasteiger charge is -2.33. The summed E-state index contributed by atoms with van der Waals surface area (Å²) in [6, 6.07) is 11.7. The van der Waals surface area contributed by atoms with Gasteiger partial charge in [-0.15, -0.1) is 0 Å². The largest absolute Gasteiger partial charge is 0.497 e. The van der Waals surface area contributed by atoms with Crippen molar-refractivity contribution in [2.45, 2.75) is 37.5 Å². The van der Waals surface area contributed by atoms with Crippen LogP contribution in [0.2, 0.25) is 5.02 Å². The maximum atomic E-state index is 14.1. The Hall–Kier alpha value is -3.20. The topological polar surface area (TPSA) is 59.4 Å². The molecule has 0 saturated heterocycles. The Bertz CT molecular complexity index is 1230. The lowest BCUT2D eigenvalue weighted by Crippen LogP contribution is -2.37. The van der Waals surface area contributed by atoms with Crippen LogP contribution in [-0.4, -0.2) is 35.5 Å². The van der Waals surface area contributed by atoms with Crippen LogP contribution in [0.25, 0.3) is 0 Å². The van der Waals surface area contributed by atoms with Crippen molar-refractivity contribution in [1.29, 1.82) is 0 Å². The third-order valence-electron chi connectivity index (χ3n) is 6.37. The molecule has 0 bridgehead atoms. The van der Waals surface area contributed by atoms with Crippen molar-refractivity contribution in [3.05, 3.63) is 70.4 Å². The number of aryl methyl sites for hydroxylation is 1. The number of nitrogens with zero attached hydrogens (tertiary/aromatic N) is 3. The van der Waals surface area contributed by atoms with E-state index in [0.717, 1.165) is 28.8 Å². The zero-order valence-electron chi connectivity index (χ0n) is 18.3. The number of alkyl halides is 3. The first-order valence-electron chi connectivity index (χ1n) is 10.9. The van der Waals surface area contributed by atoms with E-state index in [1.165, 1.54) is 7.11 Å². The molecule has 0 fully saturated rings. The Kier molecular flexibility index (Phi) is 5.67. The number of carbonyl (C=O) groups is 1. The molecule has 3 heterocycles. The Morgan fingerprint density at radius 1 is 1.18 bits per heavy atom. The molecule has 2 aromatic carbocycles. The number of aromatic nitrogens is 2. The fraction of sp³-hybridized carbons (Fsp3) is 0.333. The number of anilines is 2. The van der Waals surface area contributed by atoms with Crippen molar-refractivity contribution in [1.82, 2.24) is 9.78 Å². The summed E-state index contributed by atoms with van der Waals surface area (Å²) in [5.41, 5.74) is 2.20. The van der Waals surface area contributed by atoms with Crippen molar-refractivity contribution in [2.75, 3.05) is 23.9 Å². The number of carbonyl (C=O) groups excluding carboxylic acids is 1. The van der Waals surface area contributed by atoms with Gasteiger partial charge in [-0.25, -0.2) is 4.68 Å². The van der Waals surface area contributed by atoms with Gasteiger partial charge in [-0.05, 0) is 42.2 Å². The zero-order valence-corrected chi connectivity index (χ0v) is 19.0. The lowest BCUT2D eigenvalue weighted by atomic mass is 9.97. The van der Waals surface area contributed by atoms with E-state index < -0.39 is 24.2 Å². The average molecular weight is 491 g/mol. The number of amides is 1. The Balaban J connectivity index is 1.53. The highest BCUT2D eigenvalue weighted by molar-refractivity contribution is 6.36. The zero-order chi connectivity index (χ0) is 24.0. The van der Waals surface area contributed by atoms with Crippen LogP contribution in [-0.2, 0) is 6.42 Å². The van der Waals surface area contributed by atoms with Crippen molar-refractivity contribution in [2.24, 2.45) is 0 Å². The molecule has 6 nitrogen and oxygen atoms in total. The van der Waals surface area contributed by atoms with Crippen LogP contribution in [0.15, 0.2) is 48.5 Å². The predicted molar refractivity (Wildman–Crippen MR) is 123 cm³/mol. The second-order valence-electron chi connectivity index (χ2n) is 8.41. The molecule has 1 N–H and O–H groups in total. The van der Waals surface area contributed by atoms with Crippen molar-refractivity contribution in [3.63, 3.8) is 0 Å². The number of fused-ring (bicyclic) bond motifs is 2. The van der Waals surface area contributed by atoms with Gasteiger partial charge in [-0.3, -0.25) is 4.79 Å². The Labute approximate surface area is 199 Å². The van der Waals surface area contributed by atoms with Gasteiger partial charge in [0.2, 0.25) is 0 Å². The first-order valence-corrected chi connectivity index (χ1v) is 11.3. The number of hydrogen-bond donors (Lipinski definition) is 1. The van der Waals surface area contributed by atoms with Gasteiger partial charge in [0.25, 0.3) is 5.91 Å². The van der Waals surface area contributed by atoms with Crippen LogP contribution < -0.4 is 15.0 Å². The number of benzene rings is 2. The predicted octanol–water partition coefficient (Wildman–Crippen LogP) is 5.80. The fourth-order valence-electron chi connectivity index (χ4n) is 4.65. The SMILES string of the molecule is COc1ccc(C2CC(C(F)(F)F)n3nc(C(=O)N4CCCc5ccccc54)c(Cl)c3N2)cc1. The standard InChI is InChI=1S/C24H22ClF3N4O2/c1-34-16-10-8-14(9-11-16)17-13-19(24(26,27)28)32-22(29-17)20(25)21(30-32)23(33)31-12-4-6-15-5-2-3-7-18(15)31/h2-3,5,7-11,17,19,29H,4,6,12-13H2,1H3. The number of ether oxygens (including phenoxy) is 1. The summed E-state index contributed by atoms with van der Waals surface area (Å²) in [4.78, 5) is 15.0. The first kappa shape index (κ1) is 22.6. The maximum absolute atomic E-state index is 14.1. The molecule has 0 aliphatic carbocycles. The maximum Gasteiger partial charge on any atom is 0.410 e. The number of para-hydroxylation sites is 1. The van der Waals surface area contributed by atoms with E-state index in [0.29, 0.717) is 17.9 Å².